The number of hydrogen-bond acceptors (Lipinski definition) is 8. The van der Waals surface area contributed by atoms with Gasteiger partial charge in [-0.2, -0.15) is 0 Å². The maximum absolute atomic E-state index is 10.8. The van der Waals surface area contributed by atoms with Crippen LogP contribution in [0.2, 0.25) is 0 Å². The van der Waals surface area contributed by atoms with Crippen LogP contribution in [-0.4, -0.2) is 74.3 Å². The Morgan fingerprint density at radius 2 is 2.06 bits per heavy atom. The van der Waals surface area contributed by atoms with Gasteiger partial charge in [-0.25, -0.2) is 4.79 Å². The maximum atomic E-state index is 10.8. The van der Waals surface area contributed by atoms with Crippen LogP contribution in [0.3, 0.4) is 0 Å². The Morgan fingerprint density at radius 1 is 1.50 bits per heavy atom. The number of carbonyl (C=O) groups is 1. The molecule has 0 aliphatic carbocycles. The summed E-state index contributed by atoms with van der Waals surface area (Å²) in [5.41, 5.74) is 10.7. The molecule has 1 aliphatic rings. The molecule has 0 spiro atoms. The molecule has 0 aromatic rings. The standard InChI is InChI=1S/C9H18N2O7/c10-2-4(13)6(14)7-5(11)3(12)1-9(17,18-7)8(15)16/h3-7,12-14,17H,1-2,10-11H2,(H,15,16)/t3?,4?,5-,6?,7?,9-/m0/s1. The van der Waals surface area contributed by atoms with Crippen molar-refractivity contribution in [3.63, 3.8) is 0 Å². The van der Waals surface area contributed by atoms with Crippen LogP contribution in [0.1, 0.15) is 6.42 Å². The van der Waals surface area contributed by atoms with E-state index in [2.05, 4.69) is 0 Å². The van der Waals surface area contributed by atoms with E-state index in [1.165, 1.54) is 0 Å². The normalized spacial score (nSPS) is 40.2. The van der Waals surface area contributed by atoms with E-state index in [9.17, 15) is 25.2 Å². The van der Waals surface area contributed by atoms with Gasteiger partial charge in [0.25, 0.3) is 5.79 Å². The van der Waals surface area contributed by atoms with Crippen LogP contribution in [0, 0.1) is 0 Å². The van der Waals surface area contributed by atoms with E-state index in [0.29, 0.717) is 0 Å². The number of aliphatic hydroxyl groups excluding tert-OH is 3. The van der Waals surface area contributed by atoms with Gasteiger partial charge in [0.15, 0.2) is 0 Å². The van der Waals surface area contributed by atoms with E-state index >= 15 is 0 Å². The Hall–Kier alpha value is -0.810. The van der Waals surface area contributed by atoms with Crippen LogP contribution >= 0.6 is 0 Å². The zero-order valence-electron chi connectivity index (χ0n) is 9.51. The quantitative estimate of drug-likeness (QED) is 0.266. The molecule has 4 unspecified atom stereocenters. The van der Waals surface area contributed by atoms with Gasteiger partial charge in [0.2, 0.25) is 0 Å². The van der Waals surface area contributed by atoms with E-state index in [-0.39, 0.29) is 6.54 Å². The van der Waals surface area contributed by atoms with Gasteiger partial charge in [-0.3, -0.25) is 0 Å². The molecule has 1 aliphatic heterocycles. The molecule has 6 atom stereocenters. The molecule has 9 heteroatoms. The van der Waals surface area contributed by atoms with Gasteiger partial charge in [-0.1, -0.05) is 0 Å². The molecule has 0 aromatic carbocycles. The van der Waals surface area contributed by atoms with Gasteiger partial charge < -0.3 is 41.7 Å². The van der Waals surface area contributed by atoms with Crippen molar-refractivity contribution in [1.29, 1.82) is 0 Å². The van der Waals surface area contributed by atoms with Crippen molar-refractivity contribution in [2.75, 3.05) is 6.54 Å². The molecule has 1 fully saturated rings. The second-order valence-corrected chi connectivity index (χ2v) is 4.31. The SMILES string of the molecule is NCC(O)C(O)C1O[C@](O)(C(=O)O)CC(O)[C@@H]1N. The van der Waals surface area contributed by atoms with Gasteiger partial charge in [0.05, 0.1) is 18.2 Å². The monoisotopic (exact) mass is 266 g/mol. The highest BCUT2D eigenvalue weighted by molar-refractivity contribution is 5.75. The lowest BCUT2D eigenvalue weighted by atomic mass is 9.89. The Bertz CT molecular complexity index is 315. The smallest absolute Gasteiger partial charge is 0.364 e. The first-order valence-electron chi connectivity index (χ1n) is 5.36. The van der Waals surface area contributed by atoms with Gasteiger partial charge >= 0.3 is 5.97 Å². The van der Waals surface area contributed by atoms with E-state index in [4.69, 9.17) is 21.3 Å². The number of aliphatic carboxylic acids is 1. The molecule has 0 radical (unpaired) electrons. The summed E-state index contributed by atoms with van der Waals surface area (Å²) in [6, 6.07) is -1.15. The fourth-order valence-electron chi connectivity index (χ4n) is 1.78. The highest BCUT2D eigenvalue weighted by atomic mass is 16.7. The first kappa shape index (κ1) is 15.2. The lowest BCUT2D eigenvalue weighted by molar-refractivity contribution is -0.291. The van der Waals surface area contributed by atoms with E-state index < -0.39 is 48.6 Å². The summed E-state index contributed by atoms with van der Waals surface area (Å²) < 4.78 is 4.81. The van der Waals surface area contributed by atoms with Crippen LogP contribution < -0.4 is 11.5 Å². The van der Waals surface area contributed by atoms with Gasteiger partial charge in [0, 0.05) is 13.0 Å². The minimum Gasteiger partial charge on any atom is -0.477 e. The lowest BCUT2D eigenvalue weighted by Gasteiger charge is -2.43. The zero-order chi connectivity index (χ0) is 14.1. The predicted molar refractivity (Wildman–Crippen MR) is 57.1 cm³/mol. The average Bonchev–Trinajstić information content (AvgIpc) is 2.31. The molecule has 18 heavy (non-hydrogen) atoms. The largest absolute Gasteiger partial charge is 0.477 e. The summed E-state index contributed by atoms with van der Waals surface area (Å²) >= 11 is 0. The topological polar surface area (TPSA) is 179 Å². The molecule has 0 saturated carbocycles. The number of rotatable bonds is 4. The molecule has 1 rings (SSSR count). The van der Waals surface area contributed by atoms with Gasteiger partial charge in [0.1, 0.15) is 12.2 Å². The fourth-order valence-corrected chi connectivity index (χ4v) is 1.78. The number of carboxylic acids is 1. The number of hydrogen-bond donors (Lipinski definition) is 7. The van der Waals surface area contributed by atoms with E-state index in [0.717, 1.165) is 0 Å². The lowest BCUT2D eigenvalue weighted by Crippen LogP contribution is -2.65. The molecule has 9 nitrogen and oxygen atoms in total. The number of aliphatic hydroxyl groups is 4. The van der Waals surface area contributed by atoms with Crippen LogP contribution in [0.4, 0.5) is 0 Å². The Kier molecular flexibility index (Phi) is 4.61. The first-order chi connectivity index (χ1) is 8.23. The van der Waals surface area contributed by atoms with Crippen molar-refractivity contribution in [2.24, 2.45) is 11.5 Å². The van der Waals surface area contributed by atoms with Crippen LogP contribution in [-0.2, 0) is 9.53 Å². The van der Waals surface area contributed by atoms with Crippen molar-refractivity contribution in [1.82, 2.24) is 0 Å². The Labute approximate surface area is 103 Å². The minimum absolute atomic E-state index is 0.310. The third-order valence-electron chi connectivity index (χ3n) is 2.95. The summed E-state index contributed by atoms with van der Waals surface area (Å²) in [6.07, 6.45) is -6.51. The van der Waals surface area contributed by atoms with Crippen molar-refractivity contribution in [2.45, 2.75) is 42.7 Å². The Morgan fingerprint density at radius 3 is 2.50 bits per heavy atom. The molecule has 106 valence electrons. The molecular formula is C9H18N2O7. The molecule has 0 aromatic heterocycles. The van der Waals surface area contributed by atoms with Gasteiger partial charge in [-0.15, -0.1) is 0 Å². The molecular weight excluding hydrogens is 248 g/mol. The molecule has 1 saturated heterocycles. The Balaban J connectivity index is 2.92. The van der Waals surface area contributed by atoms with Crippen molar-refractivity contribution in [3.05, 3.63) is 0 Å². The third-order valence-corrected chi connectivity index (χ3v) is 2.95. The number of ether oxygens (including phenoxy) is 1. The van der Waals surface area contributed by atoms with Crippen LogP contribution in [0.15, 0.2) is 0 Å². The zero-order valence-corrected chi connectivity index (χ0v) is 9.51. The summed E-state index contributed by atoms with van der Waals surface area (Å²) in [4.78, 5) is 10.8. The van der Waals surface area contributed by atoms with Crippen LogP contribution in [0.25, 0.3) is 0 Å². The summed E-state index contributed by atoms with van der Waals surface area (Å²) in [5.74, 6) is -4.37. The third kappa shape index (κ3) is 2.78. The summed E-state index contributed by atoms with van der Waals surface area (Å²) in [5, 5.41) is 47.1. The number of nitrogens with two attached hydrogens (primary N) is 2. The highest BCUT2D eigenvalue weighted by Crippen LogP contribution is 2.29. The van der Waals surface area contributed by atoms with Crippen molar-refractivity contribution >= 4 is 5.97 Å². The predicted octanol–water partition coefficient (Wildman–Crippen LogP) is -4.08. The molecule has 9 N–H and O–H groups in total. The second kappa shape index (κ2) is 5.45. The molecule has 1 heterocycles. The van der Waals surface area contributed by atoms with Crippen LogP contribution in [0.5, 0.6) is 0 Å². The average molecular weight is 266 g/mol. The van der Waals surface area contributed by atoms with E-state index in [1.807, 2.05) is 0 Å². The second-order valence-electron chi connectivity index (χ2n) is 4.31. The van der Waals surface area contributed by atoms with Gasteiger partial charge in [-0.05, 0) is 0 Å². The highest BCUT2D eigenvalue weighted by Gasteiger charge is 2.52. The van der Waals surface area contributed by atoms with Crippen molar-refractivity contribution < 1.29 is 35.1 Å². The molecule has 0 bridgehead atoms. The maximum Gasteiger partial charge on any atom is 0.364 e. The minimum atomic E-state index is -2.66. The van der Waals surface area contributed by atoms with E-state index in [1.54, 1.807) is 0 Å². The first-order valence-corrected chi connectivity index (χ1v) is 5.36. The summed E-state index contributed by atoms with van der Waals surface area (Å²) in [7, 11) is 0. The summed E-state index contributed by atoms with van der Waals surface area (Å²) in [6.45, 7) is -0.310. The molecule has 0 amide bonds. The number of carboxylic acid groups (broad SMARTS) is 1. The van der Waals surface area contributed by atoms with Crippen molar-refractivity contribution in [3.8, 4) is 0 Å². The fraction of sp³-hybridized carbons (Fsp3) is 0.889.